The van der Waals surface area contributed by atoms with Crippen LogP contribution in [0.25, 0.3) is 32.7 Å². The molecule has 4 nitrogen and oxygen atoms in total. The molecular formula is C17H11ClN4S. The van der Waals surface area contributed by atoms with Crippen LogP contribution in [0.5, 0.6) is 0 Å². The number of rotatable bonds is 2. The Morgan fingerprint density at radius 3 is 2.61 bits per heavy atom. The van der Waals surface area contributed by atoms with Crippen LogP contribution in [0.2, 0.25) is 5.02 Å². The first-order valence-corrected chi connectivity index (χ1v) is 8.19. The molecule has 0 saturated carbocycles. The number of pyridine rings is 1. The smallest absolute Gasteiger partial charge is 0.165 e. The molecule has 3 heterocycles. The number of nitrogen functional groups attached to an aromatic ring is 1. The lowest BCUT2D eigenvalue weighted by Crippen LogP contribution is -1.98. The molecule has 0 atom stereocenters. The highest BCUT2D eigenvalue weighted by Crippen LogP contribution is 2.35. The molecule has 0 amide bonds. The van der Waals surface area contributed by atoms with Crippen LogP contribution in [0.1, 0.15) is 0 Å². The van der Waals surface area contributed by atoms with Gasteiger partial charge in [-0.3, -0.25) is 0 Å². The molecule has 0 aliphatic heterocycles. The van der Waals surface area contributed by atoms with Crippen LogP contribution in [0.15, 0.2) is 54.2 Å². The summed E-state index contributed by atoms with van der Waals surface area (Å²) in [5.74, 6) is 0.421. The Morgan fingerprint density at radius 1 is 1.04 bits per heavy atom. The van der Waals surface area contributed by atoms with E-state index in [0.29, 0.717) is 16.5 Å². The maximum atomic E-state index is 6.08. The average molecular weight is 339 g/mol. The SMILES string of the molecule is Nc1ncnc2nc(-c3cccs3)cc(-c3ccc(Cl)cc3)c12. The fraction of sp³-hybridized carbons (Fsp3) is 0. The van der Waals surface area contributed by atoms with Gasteiger partial charge in [-0.1, -0.05) is 29.8 Å². The normalized spacial score (nSPS) is 11.0. The fourth-order valence-corrected chi connectivity index (χ4v) is 3.31. The summed E-state index contributed by atoms with van der Waals surface area (Å²) in [6.45, 7) is 0. The molecule has 3 aromatic heterocycles. The van der Waals surface area contributed by atoms with Gasteiger partial charge in [-0.25, -0.2) is 15.0 Å². The Hall–Kier alpha value is -2.50. The fourth-order valence-electron chi connectivity index (χ4n) is 2.50. The van der Waals surface area contributed by atoms with Crippen molar-refractivity contribution in [2.24, 2.45) is 0 Å². The number of nitrogens with two attached hydrogens (primary N) is 1. The summed E-state index contributed by atoms with van der Waals surface area (Å²) in [5.41, 5.74) is 9.49. The van der Waals surface area contributed by atoms with E-state index in [4.69, 9.17) is 17.3 Å². The van der Waals surface area contributed by atoms with Crippen molar-refractivity contribution < 1.29 is 0 Å². The van der Waals surface area contributed by atoms with E-state index in [0.717, 1.165) is 27.1 Å². The highest BCUT2D eigenvalue weighted by molar-refractivity contribution is 7.13. The van der Waals surface area contributed by atoms with E-state index in [9.17, 15) is 0 Å². The number of benzene rings is 1. The lowest BCUT2D eigenvalue weighted by atomic mass is 10.0. The summed E-state index contributed by atoms with van der Waals surface area (Å²) < 4.78 is 0. The van der Waals surface area contributed by atoms with Crippen molar-refractivity contribution in [3.05, 3.63) is 59.2 Å². The van der Waals surface area contributed by atoms with Crippen molar-refractivity contribution in [2.45, 2.75) is 0 Å². The predicted octanol–water partition coefficient (Wildman–Crippen LogP) is 4.66. The second kappa shape index (κ2) is 5.61. The van der Waals surface area contributed by atoms with Gasteiger partial charge in [0, 0.05) is 5.02 Å². The van der Waals surface area contributed by atoms with Crippen molar-refractivity contribution in [1.29, 1.82) is 0 Å². The summed E-state index contributed by atoms with van der Waals surface area (Å²) in [6, 6.07) is 13.7. The summed E-state index contributed by atoms with van der Waals surface area (Å²) in [4.78, 5) is 14.1. The van der Waals surface area contributed by atoms with Gasteiger partial charge in [0.05, 0.1) is 16.0 Å². The maximum Gasteiger partial charge on any atom is 0.165 e. The summed E-state index contributed by atoms with van der Waals surface area (Å²) in [7, 11) is 0. The van der Waals surface area contributed by atoms with Crippen LogP contribution in [0.3, 0.4) is 0 Å². The van der Waals surface area contributed by atoms with Crippen molar-refractivity contribution in [2.75, 3.05) is 5.73 Å². The van der Waals surface area contributed by atoms with E-state index in [1.165, 1.54) is 6.33 Å². The van der Waals surface area contributed by atoms with Crippen LogP contribution in [0.4, 0.5) is 5.82 Å². The van der Waals surface area contributed by atoms with Gasteiger partial charge in [-0.15, -0.1) is 11.3 Å². The molecule has 2 N–H and O–H groups in total. The Labute approximate surface area is 141 Å². The van der Waals surface area contributed by atoms with Crippen LogP contribution in [-0.4, -0.2) is 15.0 Å². The van der Waals surface area contributed by atoms with Crippen molar-refractivity contribution >= 4 is 39.8 Å². The molecule has 23 heavy (non-hydrogen) atoms. The number of nitrogens with zero attached hydrogens (tertiary/aromatic N) is 3. The second-order valence-electron chi connectivity index (χ2n) is 5.00. The van der Waals surface area contributed by atoms with Gasteiger partial charge in [0.15, 0.2) is 5.65 Å². The molecule has 4 aromatic rings. The van der Waals surface area contributed by atoms with Crippen LogP contribution in [0, 0.1) is 0 Å². The number of anilines is 1. The Balaban J connectivity index is 2.05. The molecular weight excluding hydrogens is 328 g/mol. The van der Waals surface area contributed by atoms with E-state index in [2.05, 4.69) is 15.0 Å². The molecule has 0 aliphatic carbocycles. The summed E-state index contributed by atoms with van der Waals surface area (Å²) in [6.07, 6.45) is 1.44. The van der Waals surface area contributed by atoms with Gasteiger partial charge in [0.1, 0.15) is 12.1 Å². The molecule has 0 unspecified atom stereocenters. The van der Waals surface area contributed by atoms with Crippen molar-refractivity contribution in [3.63, 3.8) is 0 Å². The molecule has 1 aromatic carbocycles. The van der Waals surface area contributed by atoms with Crippen LogP contribution in [-0.2, 0) is 0 Å². The zero-order chi connectivity index (χ0) is 15.8. The van der Waals surface area contributed by atoms with Gasteiger partial charge >= 0.3 is 0 Å². The maximum absolute atomic E-state index is 6.08. The molecule has 4 rings (SSSR count). The second-order valence-corrected chi connectivity index (χ2v) is 6.38. The zero-order valence-corrected chi connectivity index (χ0v) is 13.5. The highest BCUT2D eigenvalue weighted by Gasteiger charge is 2.13. The number of hydrogen-bond donors (Lipinski definition) is 1. The monoisotopic (exact) mass is 338 g/mol. The van der Waals surface area contributed by atoms with Gasteiger partial charge < -0.3 is 5.73 Å². The number of hydrogen-bond acceptors (Lipinski definition) is 5. The van der Waals surface area contributed by atoms with E-state index in [1.54, 1.807) is 11.3 Å². The Morgan fingerprint density at radius 2 is 1.87 bits per heavy atom. The van der Waals surface area contributed by atoms with Crippen molar-refractivity contribution in [3.8, 4) is 21.7 Å². The summed E-state index contributed by atoms with van der Waals surface area (Å²) in [5, 5.41) is 3.47. The van der Waals surface area contributed by atoms with Gasteiger partial charge in [0.25, 0.3) is 0 Å². The van der Waals surface area contributed by atoms with E-state index >= 15 is 0 Å². The lowest BCUT2D eigenvalue weighted by molar-refractivity contribution is 1.19. The molecule has 0 aliphatic rings. The van der Waals surface area contributed by atoms with Gasteiger partial charge in [-0.2, -0.15) is 0 Å². The van der Waals surface area contributed by atoms with Crippen LogP contribution < -0.4 is 5.73 Å². The van der Waals surface area contributed by atoms with E-state index in [1.807, 2.05) is 47.8 Å². The summed E-state index contributed by atoms with van der Waals surface area (Å²) >= 11 is 7.64. The van der Waals surface area contributed by atoms with Gasteiger partial charge in [-0.05, 0) is 40.8 Å². The number of thiophene rings is 1. The first-order valence-electron chi connectivity index (χ1n) is 6.93. The highest BCUT2D eigenvalue weighted by atomic mass is 35.5. The first-order chi connectivity index (χ1) is 11.2. The third kappa shape index (κ3) is 2.54. The largest absolute Gasteiger partial charge is 0.383 e. The predicted molar refractivity (Wildman–Crippen MR) is 95.5 cm³/mol. The third-order valence-corrected chi connectivity index (χ3v) is 4.71. The molecule has 0 bridgehead atoms. The minimum atomic E-state index is 0.421. The van der Waals surface area contributed by atoms with E-state index in [-0.39, 0.29) is 0 Å². The standard InChI is InChI=1S/C17H11ClN4S/c18-11-5-3-10(4-6-11)12-8-13(14-2-1-7-23-14)22-17-15(12)16(19)20-9-21-17/h1-9H,(H2,19,20,21,22). The Kier molecular flexibility index (Phi) is 3.44. The van der Waals surface area contributed by atoms with Crippen LogP contribution >= 0.6 is 22.9 Å². The third-order valence-electron chi connectivity index (χ3n) is 3.56. The topological polar surface area (TPSA) is 64.7 Å². The zero-order valence-electron chi connectivity index (χ0n) is 11.9. The molecule has 0 radical (unpaired) electrons. The number of fused-ring (bicyclic) bond motifs is 1. The van der Waals surface area contributed by atoms with Crippen molar-refractivity contribution in [1.82, 2.24) is 15.0 Å². The van der Waals surface area contributed by atoms with E-state index < -0.39 is 0 Å². The van der Waals surface area contributed by atoms with Gasteiger partial charge in [0.2, 0.25) is 0 Å². The molecule has 112 valence electrons. The Bertz CT molecular complexity index is 982. The number of aromatic nitrogens is 3. The molecule has 6 heteroatoms. The molecule has 0 spiro atoms. The first kappa shape index (κ1) is 14.1. The molecule has 0 saturated heterocycles. The minimum absolute atomic E-state index is 0.421. The lowest BCUT2D eigenvalue weighted by Gasteiger charge is -2.10. The minimum Gasteiger partial charge on any atom is -0.383 e. The number of halogens is 1. The average Bonchev–Trinajstić information content (AvgIpc) is 3.09. The molecule has 0 fully saturated rings. The quantitative estimate of drug-likeness (QED) is 0.577.